The minimum absolute atomic E-state index is 0.132. The van der Waals surface area contributed by atoms with Gasteiger partial charge in [0, 0.05) is 25.6 Å². The Balaban J connectivity index is 3.33. The number of sulfonamides is 1. The van der Waals surface area contributed by atoms with Gasteiger partial charge in [-0.15, -0.1) is 11.6 Å². The lowest BCUT2D eigenvalue weighted by Crippen LogP contribution is -2.41. The highest BCUT2D eigenvalue weighted by atomic mass is 35.5. The highest BCUT2D eigenvalue weighted by Gasteiger charge is 2.30. The Kier molecular flexibility index (Phi) is 6.93. The average Bonchev–Trinajstić information content (AvgIpc) is 2.47. The van der Waals surface area contributed by atoms with E-state index in [1.54, 1.807) is 32.2 Å². The fourth-order valence-electron chi connectivity index (χ4n) is 2.18. The molecule has 0 aliphatic heterocycles. The lowest BCUT2D eigenvalue weighted by molar-refractivity contribution is 0.142. The minimum atomic E-state index is -3.68. The first kappa shape index (κ1) is 18.2. The molecule has 0 amide bonds. The molecule has 0 saturated heterocycles. The van der Waals surface area contributed by atoms with Crippen LogP contribution < -0.4 is 4.74 Å². The molecule has 1 aromatic carbocycles. The average molecular weight is 336 g/mol. The Morgan fingerprint density at radius 1 is 1.33 bits per heavy atom. The number of hydrogen-bond donors (Lipinski definition) is 0. The molecule has 0 saturated carbocycles. The summed E-state index contributed by atoms with van der Waals surface area (Å²) in [5.41, 5.74) is 0.728. The summed E-state index contributed by atoms with van der Waals surface area (Å²) in [6.45, 7) is 4.27. The number of rotatable bonds is 8. The van der Waals surface area contributed by atoms with Crippen LogP contribution in [0, 0.1) is 0 Å². The molecule has 21 heavy (non-hydrogen) atoms. The van der Waals surface area contributed by atoms with Gasteiger partial charge in [0.25, 0.3) is 0 Å². The molecule has 5 nitrogen and oxygen atoms in total. The van der Waals surface area contributed by atoms with E-state index in [4.69, 9.17) is 21.1 Å². The number of alkyl halides is 1. The van der Waals surface area contributed by atoms with Crippen LogP contribution in [0.5, 0.6) is 5.75 Å². The van der Waals surface area contributed by atoms with Crippen LogP contribution in [0.4, 0.5) is 0 Å². The number of nitrogens with zero attached hydrogens (tertiary/aromatic N) is 1. The van der Waals surface area contributed by atoms with Crippen molar-refractivity contribution in [1.29, 1.82) is 0 Å². The number of likely N-dealkylation sites (N-methyl/N-ethyl adjacent to an activating group) is 1. The number of hydrogen-bond acceptors (Lipinski definition) is 4. The molecule has 0 spiro atoms. The summed E-state index contributed by atoms with van der Waals surface area (Å²) in [6, 6.07) is 4.66. The first-order chi connectivity index (χ1) is 9.92. The lowest BCUT2D eigenvalue weighted by atomic mass is 10.2. The fourth-order valence-corrected chi connectivity index (χ4v) is 4.17. The van der Waals surface area contributed by atoms with Crippen molar-refractivity contribution in [3.8, 4) is 5.75 Å². The molecule has 120 valence electrons. The van der Waals surface area contributed by atoms with E-state index >= 15 is 0 Å². The van der Waals surface area contributed by atoms with Crippen molar-refractivity contribution < 1.29 is 17.9 Å². The van der Waals surface area contributed by atoms with E-state index in [2.05, 4.69) is 0 Å². The van der Waals surface area contributed by atoms with E-state index in [1.807, 2.05) is 6.92 Å². The first-order valence-electron chi connectivity index (χ1n) is 6.66. The van der Waals surface area contributed by atoms with E-state index in [0.717, 1.165) is 5.56 Å². The Morgan fingerprint density at radius 2 is 2.00 bits per heavy atom. The zero-order valence-corrected chi connectivity index (χ0v) is 14.4. The van der Waals surface area contributed by atoms with Crippen molar-refractivity contribution >= 4 is 21.6 Å². The van der Waals surface area contributed by atoms with Crippen molar-refractivity contribution in [3.05, 3.63) is 23.8 Å². The number of benzene rings is 1. The van der Waals surface area contributed by atoms with E-state index in [0.29, 0.717) is 18.9 Å². The normalized spacial score (nSPS) is 13.4. The second kappa shape index (κ2) is 7.98. The van der Waals surface area contributed by atoms with Crippen LogP contribution in [-0.2, 0) is 20.6 Å². The Hall–Kier alpha value is -0.820. The molecule has 1 rings (SSSR count). The molecule has 0 aliphatic rings. The standard InChI is InChI=1S/C14H22ClNO4S/c1-5-16(11(2)10-19-3)21(17,18)14-8-12(9-15)6-7-13(14)20-4/h6-8,11H,5,9-10H2,1-4H3. The van der Waals surface area contributed by atoms with Crippen molar-refractivity contribution in [2.75, 3.05) is 27.4 Å². The van der Waals surface area contributed by atoms with Crippen LogP contribution in [0.15, 0.2) is 23.1 Å². The third-order valence-corrected chi connectivity index (χ3v) is 5.60. The van der Waals surface area contributed by atoms with Crippen LogP contribution >= 0.6 is 11.6 Å². The largest absolute Gasteiger partial charge is 0.495 e. The van der Waals surface area contributed by atoms with Crippen LogP contribution in [0.2, 0.25) is 0 Å². The molecule has 0 bridgehead atoms. The number of ether oxygens (including phenoxy) is 2. The maximum absolute atomic E-state index is 12.9. The van der Waals surface area contributed by atoms with E-state index < -0.39 is 10.0 Å². The summed E-state index contributed by atoms with van der Waals surface area (Å²) >= 11 is 5.80. The Labute approximate surface area is 131 Å². The number of halogens is 1. The Morgan fingerprint density at radius 3 is 2.48 bits per heavy atom. The van der Waals surface area contributed by atoms with Gasteiger partial charge in [-0.1, -0.05) is 13.0 Å². The summed E-state index contributed by atoms with van der Waals surface area (Å²) in [7, 11) is -0.683. The van der Waals surface area contributed by atoms with Crippen molar-refractivity contribution in [1.82, 2.24) is 4.31 Å². The van der Waals surface area contributed by atoms with Gasteiger partial charge in [-0.05, 0) is 24.6 Å². The van der Waals surface area contributed by atoms with E-state index in [-0.39, 0.29) is 16.8 Å². The predicted octanol–water partition coefficient (Wildman–Crippen LogP) is 2.48. The van der Waals surface area contributed by atoms with Gasteiger partial charge in [0.15, 0.2) is 0 Å². The lowest BCUT2D eigenvalue weighted by Gasteiger charge is -2.27. The zero-order chi connectivity index (χ0) is 16.0. The highest BCUT2D eigenvalue weighted by molar-refractivity contribution is 7.89. The van der Waals surface area contributed by atoms with Crippen molar-refractivity contribution in [2.24, 2.45) is 0 Å². The molecule has 1 aromatic rings. The quantitative estimate of drug-likeness (QED) is 0.685. The maximum atomic E-state index is 12.9. The molecule has 0 aromatic heterocycles. The van der Waals surface area contributed by atoms with Gasteiger partial charge in [0.1, 0.15) is 10.6 Å². The summed E-state index contributed by atoms with van der Waals surface area (Å²) in [4.78, 5) is 0.132. The monoisotopic (exact) mass is 335 g/mol. The zero-order valence-electron chi connectivity index (χ0n) is 12.8. The maximum Gasteiger partial charge on any atom is 0.247 e. The van der Waals surface area contributed by atoms with Crippen LogP contribution in [0.3, 0.4) is 0 Å². The van der Waals surface area contributed by atoms with Gasteiger partial charge in [-0.3, -0.25) is 0 Å². The van der Waals surface area contributed by atoms with Crippen molar-refractivity contribution in [2.45, 2.75) is 30.7 Å². The van der Waals surface area contributed by atoms with Gasteiger partial charge < -0.3 is 9.47 Å². The second-order valence-electron chi connectivity index (χ2n) is 4.63. The molecule has 0 aliphatic carbocycles. The molecule has 0 heterocycles. The van der Waals surface area contributed by atoms with Crippen LogP contribution in [-0.4, -0.2) is 46.1 Å². The molecule has 0 N–H and O–H groups in total. The second-order valence-corrected chi connectivity index (χ2v) is 6.76. The van der Waals surface area contributed by atoms with Gasteiger partial charge in [-0.25, -0.2) is 8.42 Å². The van der Waals surface area contributed by atoms with Gasteiger partial charge in [0.2, 0.25) is 10.0 Å². The molecular weight excluding hydrogens is 314 g/mol. The molecule has 0 radical (unpaired) electrons. The van der Waals surface area contributed by atoms with Crippen molar-refractivity contribution in [3.63, 3.8) is 0 Å². The topological polar surface area (TPSA) is 55.8 Å². The highest BCUT2D eigenvalue weighted by Crippen LogP contribution is 2.29. The van der Waals surface area contributed by atoms with Crippen LogP contribution in [0.1, 0.15) is 19.4 Å². The molecule has 0 fully saturated rings. The SMILES string of the molecule is CCN(C(C)COC)S(=O)(=O)c1cc(CCl)ccc1OC. The van der Waals surface area contributed by atoms with Gasteiger partial charge in [-0.2, -0.15) is 4.31 Å². The molecule has 1 atom stereocenters. The molecular formula is C14H22ClNO4S. The minimum Gasteiger partial charge on any atom is -0.495 e. The summed E-state index contributed by atoms with van der Waals surface area (Å²) < 4.78 is 37.4. The third-order valence-electron chi connectivity index (χ3n) is 3.18. The number of methoxy groups -OCH3 is 2. The first-order valence-corrected chi connectivity index (χ1v) is 8.63. The fraction of sp³-hybridized carbons (Fsp3) is 0.571. The predicted molar refractivity (Wildman–Crippen MR) is 83.5 cm³/mol. The summed E-state index contributed by atoms with van der Waals surface area (Å²) in [6.07, 6.45) is 0. The smallest absolute Gasteiger partial charge is 0.247 e. The van der Waals surface area contributed by atoms with E-state index in [1.165, 1.54) is 11.4 Å². The van der Waals surface area contributed by atoms with E-state index in [9.17, 15) is 8.42 Å². The Bertz CT molecular complexity index is 562. The van der Waals surface area contributed by atoms with Gasteiger partial charge in [0.05, 0.1) is 13.7 Å². The summed E-state index contributed by atoms with van der Waals surface area (Å²) in [5, 5.41) is 0. The molecule has 7 heteroatoms. The summed E-state index contributed by atoms with van der Waals surface area (Å²) in [5.74, 6) is 0.554. The van der Waals surface area contributed by atoms with Crippen LogP contribution in [0.25, 0.3) is 0 Å². The third kappa shape index (κ3) is 4.10. The van der Waals surface area contributed by atoms with Gasteiger partial charge >= 0.3 is 0 Å². The molecule has 1 unspecified atom stereocenters.